The third-order valence-electron chi connectivity index (χ3n) is 3.90. The molecule has 2 unspecified atom stereocenters. The van der Waals surface area contributed by atoms with Gasteiger partial charge < -0.3 is 5.11 Å². The number of aliphatic carboxylic acids is 1. The first-order valence-electron chi connectivity index (χ1n) is 6.61. The first-order chi connectivity index (χ1) is 9.34. The molecular formula is C14H19NO4S. The Kier molecular flexibility index (Phi) is 4.04. The van der Waals surface area contributed by atoms with E-state index in [1.165, 1.54) is 11.4 Å². The third kappa shape index (κ3) is 2.65. The number of carboxylic acid groups (broad SMARTS) is 1. The predicted octanol–water partition coefficient (Wildman–Crippen LogP) is 2.01. The molecule has 2 rings (SSSR count). The SMILES string of the molecule is Cc1cccc(N(C)S(=O)(=O)C2CCCC2C(=O)O)c1. The van der Waals surface area contributed by atoms with Gasteiger partial charge in [-0.15, -0.1) is 0 Å². The van der Waals surface area contributed by atoms with Gasteiger partial charge in [-0.1, -0.05) is 18.6 Å². The molecule has 0 spiro atoms. The summed E-state index contributed by atoms with van der Waals surface area (Å²) in [5.41, 5.74) is 1.53. The van der Waals surface area contributed by atoms with Crippen LogP contribution < -0.4 is 4.31 Å². The Bertz CT molecular complexity index is 611. The second-order valence-corrected chi connectivity index (χ2v) is 7.45. The molecule has 20 heavy (non-hydrogen) atoms. The van der Waals surface area contributed by atoms with Crippen molar-refractivity contribution in [1.82, 2.24) is 0 Å². The molecule has 6 heteroatoms. The van der Waals surface area contributed by atoms with E-state index in [1.807, 2.05) is 13.0 Å². The average Bonchev–Trinajstić information content (AvgIpc) is 2.87. The van der Waals surface area contributed by atoms with Gasteiger partial charge in [0, 0.05) is 7.05 Å². The summed E-state index contributed by atoms with van der Waals surface area (Å²) in [5.74, 6) is -1.82. The normalized spacial score (nSPS) is 22.7. The Hall–Kier alpha value is -1.56. The highest BCUT2D eigenvalue weighted by Crippen LogP contribution is 2.34. The highest BCUT2D eigenvalue weighted by Gasteiger charge is 2.43. The summed E-state index contributed by atoms with van der Waals surface area (Å²) in [6, 6.07) is 7.18. The zero-order valence-electron chi connectivity index (χ0n) is 11.6. The van der Waals surface area contributed by atoms with Gasteiger partial charge >= 0.3 is 5.97 Å². The van der Waals surface area contributed by atoms with Crippen LogP contribution in [-0.4, -0.2) is 31.8 Å². The number of carboxylic acids is 1. The fraction of sp³-hybridized carbons (Fsp3) is 0.500. The standard InChI is InChI=1S/C14H19NO4S/c1-10-5-3-6-11(9-10)15(2)20(18,19)13-8-4-7-12(13)14(16)17/h3,5-6,9,12-13H,4,7-8H2,1-2H3,(H,16,17). The Morgan fingerprint density at radius 2 is 2.05 bits per heavy atom. The second-order valence-electron chi connectivity index (χ2n) is 5.27. The zero-order valence-corrected chi connectivity index (χ0v) is 12.4. The molecule has 0 bridgehead atoms. The van der Waals surface area contributed by atoms with Crippen LogP contribution in [-0.2, 0) is 14.8 Å². The number of carbonyl (C=O) groups is 1. The summed E-state index contributed by atoms with van der Waals surface area (Å²) in [6.07, 6.45) is 1.48. The van der Waals surface area contributed by atoms with Crippen molar-refractivity contribution in [1.29, 1.82) is 0 Å². The van der Waals surface area contributed by atoms with E-state index in [1.54, 1.807) is 18.2 Å². The van der Waals surface area contributed by atoms with E-state index >= 15 is 0 Å². The average molecular weight is 297 g/mol. The van der Waals surface area contributed by atoms with Crippen molar-refractivity contribution in [2.45, 2.75) is 31.4 Å². The van der Waals surface area contributed by atoms with E-state index in [-0.39, 0.29) is 0 Å². The zero-order chi connectivity index (χ0) is 14.9. The van der Waals surface area contributed by atoms with Gasteiger partial charge in [0.15, 0.2) is 0 Å². The van der Waals surface area contributed by atoms with Crippen LogP contribution in [0, 0.1) is 12.8 Å². The van der Waals surface area contributed by atoms with Crippen molar-refractivity contribution in [3.8, 4) is 0 Å². The molecule has 1 aliphatic carbocycles. The molecule has 0 saturated heterocycles. The smallest absolute Gasteiger partial charge is 0.307 e. The van der Waals surface area contributed by atoms with Crippen LogP contribution in [0.2, 0.25) is 0 Å². The summed E-state index contributed by atoms with van der Waals surface area (Å²) in [5, 5.41) is 8.33. The Balaban J connectivity index is 2.32. The number of rotatable bonds is 4. The van der Waals surface area contributed by atoms with Crippen LogP contribution in [0.5, 0.6) is 0 Å². The molecule has 0 aromatic heterocycles. The van der Waals surface area contributed by atoms with E-state index < -0.39 is 27.2 Å². The number of aryl methyl sites for hydroxylation is 1. The summed E-state index contributed by atoms with van der Waals surface area (Å²) in [6.45, 7) is 1.89. The number of hydrogen-bond acceptors (Lipinski definition) is 3. The van der Waals surface area contributed by atoms with Crippen LogP contribution >= 0.6 is 0 Å². The lowest BCUT2D eigenvalue weighted by Gasteiger charge is -2.26. The minimum Gasteiger partial charge on any atom is -0.481 e. The topological polar surface area (TPSA) is 74.7 Å². The predicted molar refractivity (Wildman–Crippen MR) is 77.3 cm³/mol. The summed E-state index contributed by atoms with van der Waals surface area (Å²) in [4.78, 5) is 11.2. The van der Waals surface area contributed by atoms with Gasteiger partial charge in [0.25, 0.3) is 0 Å². The molecule has 1 aliphatic rings. The van der Waals surface area contributed by atoms with Crippen LogP contribution in [0.3, 0.4) is 0 Å². The molecule has 0 radical (unpaired) electrons. The van der Waals surface area contributed by atoms with Gasteiger partial charge in [-0.05, 0) is 37.5 Å². The van der Waals surface area contributed by atoms with E-state index in [0.717, 1.165) is 5.56 Å². The molecule has 2 atom stereocenters. The third-order valence-corrected chi connectivity index (χ3v) is 6.20. The summed E-state index contributed by atoms with van der Waals surface area (Å²) >= 11 is 0. The number of anilines is 1. The van der Waals surface area contributed by atoms with E-state index in [0.29, 0.717) is 24.9 Å². The summed E-state index contributed by atoms with van der Waals surface area (Å²) in [7, 11) is -2.16. The molecule has 0 aliphatic heterocycles. The van der Waals surface area contributed by atoms with Gasteiger partial charge in [0.1, 0.15) is 0 Å². The molecule has 1 saturated carbocycles. The maximum Gasteiger partial charge on any atom is 0.307 e. The first-order valence-corrected chi connectivity index (χ1v) is 8.11. The van der Waals surface area contributed by atoms with Crippen molar-refractivity contribution in [2.75, 3.05) is 11.4 Å². The van der Waals surface area contributed by atoms with E-state index in [2.05, 4.69) is 0 Å². The largest absolute Gasteiger partial charge is 0.481 e. The Morgan fingerprint density at radius 3 is 2.65 bits per heavy atom. The van der Waals surface area contributed by atoms with Crippen molar-refractivity contribution in [3.05, 3.63) is 29.8 Å². The number of sulfonamides is 1. The van der Waals surface area contributed by atoms with Gasteiger partial charge in [0.2, 0.25) is 10.0 Å². The van der Waals surface area contributed by atoms with E-state index in [4.69, 9.17) is 5.11 Å². The van der Waals surface area contributed by atoms with Crippen LogP contribution in [0.15, 0.2) is 24.3 Å². The quantitative estimate of drug-likeness (QED) is 0.922. The molecule has 5 nitrogen and oxygen atoms in total. The number of nitrogens with zero attached hydrogens (tertiary/aromatic N) is 1. The van der Waals surface area contributed by atoms with Crippen molar-refractivity contribution in [2.24, 2.45) is 5.92 Å². The number of benzene rings is 1. The Labute approximate surface area is 119 Å². The highest BCUT2D eigenvalue weighted by atomic mass is 32.2. The Morgan fingerprint density at radius 1 is 1.35 bits per heavy atom. The van der Waals surface area contributed by atoms with Crippen LogP contribution in [0.25, 0.3) is 0 Å². The fourth-order valence-corrected chi connectivity index (χ4v) is 4.68. The molecule has 110 valence electrons. The fourth-order valence-electron chi connectivity index (χ4n) is 2.74. The van der Waals surface area contributed by atoms with Gasteiger partial charge in [-0.2, -0.15) is 0 Å². The summed E-state index contributed by atoms with van der Waals surface area (Å²) < 4.78 is 26.5. The van der Waals surface area contributed by atoms with Crippen molar-refractivity contribution < 1.29 is 18.3 Å². The second kappa shape index (κ2) is 5.44. The lowest BCUT2D eigenvalue weighted by atomic mass is 10.1. The number of hydrogen-bond donors (Lipinski definition) is 1. The van der Waals surface area contributed by atoms with Crippen molar-refractivity contribution >= 4 is 21.7 Å². The maximum absolute atomic E-state index is 12.6. The van der Waals surface area contributed by atoms with E-state index in [9.17, 15) is 13.2 Å². The molecule has 0 heterocycles. The maximum atomic E-state index is 12.6. The lowest BCUT2D eigenvalue weighted by Crippen LogP contribution is -2.40. The van der Waals surface area contributed by atoms with Gasteiger partial charge in [-0.3, -0.25) is 9.10 Å². The van der Waals surface area contributed by atoms with Gasteiger partial charge in [0.05, 0.1) is 16.9 Å². The van der Waals surface area contributed by atoms with Crippen LogP contribution in [0.1, 0.15) is 24.8 Å². The minimum atomic E-state index is -3.65. The van der Waals surface area contributed by atoms with Crippen molar-refractivity contribution in [3.63, 3.8) is 0 Å². The van der Waals surface area contributed by atoms with Gasteiger partial charge in [-0.25, -0.2) is 8.42 Å². The molecule has 0 amide bonds. The highest BCUT2D eigenvalue weighted by molar-refractivity contribution is 7.93. The molecule has 1 aromatic rings. The molecule has 1 N–H and O–H groups in total. The lowest BCUT2D eigenvalue weighted by molar-refractivity contribution is -0.141. The van der Waals surface area contributed by atoms with Crippen LogP contribution in [0.4, 0.5) is 5.69 Å². The molecule has 1 aromatic carbocycles. The minimum absolute atomic E-state index is 0.412. The molecule has 1 fully saturated rings. The molecular weight excluding hydrogens is 278 g/mol. The first kappa shape index (κ1) is 14.8. The monoisotopic (exact) mass is 297 g/mol.